The number of amides is 1. The third-order valence-corrected chi connectivity index (χ3v) is 2.29. The Morgan fingerprint density at radius 3 is 2.87 bits per heavy atom. The fourth-order valence-electron chi connectivity index (χ4n) is 1.61. The number of carbonyl (C=O) groups is 1. The topological polar surface area (TPSA) is 38.8 Å². The van der Waals surface area contributed by atoms with E-state index in [0.717, 1.165) is 5.69 Å². The number of methoxy groups -OCH3 is 1. The highest BCUT2D eigenvalue weighted by Gasteiger charge is 2.31. The number of ether oxygens (including phenoxy) is 2. The van der Waals surface area contributed by atoms with Crippen molar-refractivity contribution in [3.05, 3.63) is 30.3 Å². The van der Waals surface area contributed by atoms with Crippen LogP contribution in [0.1, 0.15) is 0 Å². The van der Waals surface area contributed by atoms with E-state index in [1.807, 2.05) is 30.3 Å². The minimum Gasteiger partial charge on any atom is -0.441 e. The van der Waals surface area contributed by atoms with Gasteiger partial charge in [0.2, 0.25) is 0 Å². The fraction of sp³-hybridized carbons (Fsp3) is 0.364. The van der Waals surface area contributed by atoms with E-state index in [9.17, 15) is 4.79 Å². The van der Waals surface area contributed by atoms with Crippen molar-refractivity contribution in [2.45, 2.75) is 6.10 Å². The van der Waals surface area contributed by atoms with Crippen LogP contribution in [0.4, 0.5) is 10.5 Å². The second kappa shape index (κ2) is 4.31. The molecule has 1 saturated heterocycles. The van der Waals surface area contributed by atoms with Gasteiger partial charge in [0.1, 0.15) is 6.10 Å². The Kier molecular flexibility index (Phi) is 2.87. The SMILES string of the molecule is COC[C@H]1CN(c2ccccc2)C(=O)O1. The number of benzene rings is 1. The minimum atomic E-state index is -0.303. The molecule has 0 saturated carbocycles. The number of para-hydroxylation sites is 1. The van der Waals surface area contributed by atoms with Gasteiger partial charge in [-0.3, -0.25) is 4.90 Å². The predicted octanol–water partition coefficient (Wildman–Crippen LogP) is 1.66. The Labute approximate surface area is 88.4 Å². The number of rotatable bonds is 3. The third-order valence-electron chi connectivity index (χ3n) is 2.29. The van der Waals surface area contributed by atoms with Crippen LogP contribution in [0.5, 0.6) is 0 Å². The molecule has 1 atom stereocenters. The van der Waals surface area contributed by atoms with Crippen LogP contribution in [0, 0.1) is 0 Å². The van der Waals surface area contributed by atoms with Gasteiger partial charge >= 0.3 is 6.09 Å². The van der Waals surface area contributed by atoms with Gasteiger partial charge in [-0.25, -0.2) is 4.79 Å². The number of carbonyl (C=O) groups excluding carboxylic acids is 1. The van der Waals surface area contributed by atoms with Crippen molar-refractivity contribution in [2.24, 2.45) is 0 Å². The minimum absolute atomic E-state index is 0.164. The largest absolute Gasteiger partial charge is 0.441 e. The lowest BCUT2D eigenvalue weighted by molar-refractivity contribution is 0.0718. The summed E-state index contributed by atoms with van der Waals surface area (Å²) in [5.74, 6) is 0. The van der Waals surface area contributed by atoms with Crippen molar-refractivity contribution in [2.75, 3.05) is 25.2 Å². The van der Waals surface area contributed by atoms with Crippen molar-refractivity contribution < 1.29 is 14.3 Å². The first-order valence-electron chi connectivity index (χ1n) is 4.83. The van der Waals surface area contributed by atoms with E-state index in [-0.39, 0.29) is 12.2 Å². The van der Waals surface area contributed by atoms with Gasteiger partial charge in [0.15, 0.2) is 0 Å². The molecular weight excluding hydrogens is 194 g/mol. The Morgan fingerprint density at radius 2 is 2.20 bits per heavy atom. The summed E-state index contributed by atoms with van der Waals surface area (Å²) in [5, 5.41) is 0. The standard InChI is InChI=1S/C11H13NO3/c1-14-8-10-7-12(11(13)15-10)9-5-3-2-4-6-9/h2-6,10H,7-8H2,1H3/t10-/m1/s1. The molecule has 0 unspecified atom stereocenters. The van der Waals surface area contributed by atoms with Gasteiger partial charge in [0.25, 0.3) is 0 Å². The highest BCUT2D eigenvalue weighted by molar-refractivity contribution is 5.89. The number of nitrogens with zero attached hydrogens (tertiary/aromatic N) is 1. The van der Waals surface area contributed by atoms with E-state index in [1.54, 1.807) is 12.0 Å². The van der Waals surface area contributed by atoms with E-state index in [4.69, 9.17) is 9.47 Å². The van der Waals surface area contributed by atoms with E-state index >= 15 is 0 Å². The van der Waals surface area contributed by atoms with Gasteiger partial charge in [0, 0.05) is 12.8 Å². The molecule has 4 heteroatoms. The Morgan fingerprint density at radius 1 is 1.47 bits per heavy atom. The molecule has 1 aromatic rings. The zero-order valence-corrected chi connectivity index (χ0v) is 8.55. The van der Waals surface area contributed by atoms with Crippen molar-refractivity contribution in [1.29, 1.82) is 0 Å². The maximum Gasteiger partial charge on any atom is 0.414 e. The summed E-state index contributed by atoms with van der Waals surface area (Å²) >= 11 is 0. The van der Waals surface area contributed by atoms with Crippen molar-refractivity contribution >= 4 is 11.8 Å². The molecule has 0 radical (unpaired) electrons. The third kappa shape index (κ3) is 2.10. The van der Waals surface area contributed by atoms with Crippen LogP contribution in [0.15, 0.2) is 30.3 Å². The molecular formula is C11H13NO3. The molecule has 1 aromatic carbocycles. The normalized spacial score (nSPS) is 20.5. The monoisotopic (exact) mass is 207 g/mol. The lowest BCUT2D eigenvalue weighted by Crippen LogP contribution is -2.25. The average Bonchev–Trinajstić information content (AvgIpc) is 2.61. The van der Waals surface area contributed by atoms with Crippen LogP contribution in [0.2, 0.25) is 0 Å². The average molecular weight is 207 g/mol. The van der Waals surface area contributed by atoms with Gasteiger partial charge in [-0.15, -0.1) is 0 Å². The maximum absolute atomic E-state index is 11.5. The summed E-state index contributed by atoms with van der Waals surface area (Å²) in [6.07, 6.45) is -0.467. The van der Waals surface area contributed by atoms with E-state index in [1.165, 1.54) is 0 Å². The summed E-state index contributed by atoms with van der Waals surface area (Å²) in [6.45, 7) is 0.992. The maximum atomic E-state index is 11.5. The molecule has 15 heavy (non-hydrogen) atoms. The Bertz CT molecular complexity index is 339. The number of hydrogen-bond donors (Lipinski definition) is 0. The van der Waals surface area contributed by atoms with Crippen LogP contribution in [-0.2, 0) is 9.47 Å². The summed E-state index contributed by atoms with van der Waals surface area (Å²) in [7, 11) is 1.60. The highest BCUT2D eigenvalue weighted by atomic mass is 16.6. The Balaban J connectivity index is 2.09. The molecule has 1 amide bonds. The zero-order valence-electron chi connectivity index (χ0n) is 8.55. The number of hydrogen-bond acceptors (Lipinski definition) is 3. The van der Waals surface area contributed by atoms with Gasteiger partial charge in [0.05, 0.1) is 13.2 Å². The quantitative estimate of drug-likeness (QED) is 0.756. The number of anilines is 1. The smallest absolute Gasteiger partial charge is 0.414 e. The van der Waals surface area contributed by atoms with Gasteiger partial charge in [-0.05, 0) is 12.1 Å². The second-order valence-electron chi connectivity index (χ2n) is 3.41. The molecule has 1 aliphatic rings. The van der Waals surface area contributed by atoms with Crippen LogP contribution in [0.3, 0.4) is 0 Å². The van der Waals surface area contributed by atoms with E-state index in [0.29, 0.717) is 13.2 Å². The van der Waals surface area contributed by atoms with Crippen molar-refractivity contribution in [3.63, 3.8) is 0 Å². The van der Waals surface area contributed by atoms with Gasteiger partial charge < -0.3 is 9.47 Å². The van der Waals surface area contributed by atoms with E-state index in [2.05, 4.69) is 0 Å². The Hall–Kier alpha value is -1.55. The lowest BCUT2D eigenvalue weighted by Gasteiger charge is -2.12. The van der Waals surface area contributed by atoms with Crippen LogP contribution in [0.25, 0.3) is 0 Å². The zero-order chi connectivity index (χ0) is 10.7. The number of cyclic esters (lactones) is 1. The van der Waals surface area contributed by atoms with Crippen LogP contribution >= 0.6 is 0 Å². The summed E-state index contributed by atoms with van der Waals surface area (Å²) in [4.78, 5) is 13.1. The molecule has 2 rings (SSSR count). The summed E-state index contributed by atoms with van der Waals surface area (Å²) in [6, 6.07) is 9.48. The predicted molar refractivity (Wildman–Crippen MR) is 55.9 cm³/mol. The molecule has 4 nitrogen and oxygen atoms in total. The summed E-state index contributed by atoms with van der Waals surface area (Å²) in [5.41, 5.74) is 0.862. The first-order valence-corrected chi connectivity index (χ1v) is 4.83. The summed E-state index contributed by atoms with van der Waals surface area (Å²) < 4.78 is 10.1. The van der Waals surface area contributed by atoms with Gasteiger partial charge in [-0.2, -0.15) is 0 Å². The first-order chi connectivity index (χ1) is 7.31. The second-order valence-corrected chi connectivity index (χ2v) is 3.41. The molecule has 0 spiro atoms. The fourth-order valence-corrected chi connectivity index (χ4v) is 1.61. The van der Waals surface area contributed by atoms with Gasteiger partial charge in [-0.1, -0.05) is 18.2 Å². The highest BCUT2D eigenvalue weighted by Crippen LogP contribution is 2.20. The molecule has 0 bridgehead atoms. The molecule has 1 fully saturated rings. The molecule has 0 aliphatic carbocycles. The lowest BCUT2D eigenvalue weighted by atomic mass is 10.3. The molecule has 0 N–H and O–H groups in total. The molecule has 1 heterocycles. The van der Waals surface area contributed by atoms with E-state index < -0.39 is 0 Å². The van der Waals surface area contributed by atoms with Crippen LogP contribution < -0.4 is 4.90 Å². The molecule has 0 aromatic heterocycles. The molecule has 1 aliphatic heterocycles. The molecule has 80 valence electrons. The first kappa shape index (κ1) is 9.98. The van der Waals surface area contributed by atoms with Crippen molar-refractivity contribution in [1.82, 2.24) is 0 Å². The van der Waals surface area contributed by atoms with Crippen LogP contribution in [-0.4, -0.2) is 32.5 Å². The van der Waals surface area contributed by atoms with Crippen molar-refractivity contribution in [3.8, 4) is 0 Å².